The third-order valence-corrected chi connectivity index (χ3v) is 3.87. The van der Waals surface area contributed by atoms with Crippen LogP contribution in [0.4, 0.5) is 0 Å². The van der Waals surface area contributed by atoms with Gasteiger partial charge in [0, 0.05) is 18.6 Å². The Bertz CT molecular complexity index is 487. The molecule has 1 rings (SSSR count). The number of nitrogens with zero attached hydrogens (tertiary/aromatic N) is 1. The highest BCUT2D eigenvalue weighted by molar-refractivity contribution is 7.88. The Morgan fingerprint density at radius 2 is 1.95 bits per heavy atom. The molecule has 0 aromatic heterocycles. The lowest BCUT2D eigenvalue weighted by Crippen LogP contribution is -2.53. The second kappa shape index (κ2) is 6.19. The number of carbonyl (C=O) groups is 2. The summed E-state index contributed by atoms with van der Waals surface area (Å²) in [5, 5.41) is 2.97. The summed E-state index contributed by atoms with van der Waals surface area (Å²) < 4.78 is 24.9. The third kappa shape index (κ3) is 4.84. The average molecular weight is 305 g/mol. The number of sulfonamides is 1. The number of nitrogens with one attached hydrogen (secondary N) is 2. The van der Waals surface area contributed by atoms with Crippen molar-refractivity contribution in [2.24, 2.45) is 0 Å². The van der Waals surface area contributed by atoms with E-state index in [9.17, 15) is 18.0 Å². The van der Waals surface area contributed by atoms with Crippen molar-refractivity contribution in [2.75, 3.05) is 19.3 Å². The number of amides is 2. The van der Waals surface area contributed by atoms with E-state index in [1.807, 2.05) is 6.92 Å². The molecule has 20 heavy (non-hydrogen) atoms. The number of rotatable bonds is 7. The Labute approximate surface area is 120 Å². The highest BCUT2D eigenvalue weighted by atomic mass is 32.2. The summed E-state index contributed by atoms with van der Waals surface area (Å²) >= 11 is 0. The van der Waals surface area contributed by atoms with E-state index in [-0.39, 0.29) is 24.8 Å². The minimum Gasteiger partial charge on any atom is -0.304 e. The summed E-state index contributed by atoms with van der Waals surface area (Å²) in [6, 6.07) is -0.560. The van der Waals surface area contributed by atoms with Crippen molar-refractivity contribution in [3.63, 3.8) is 0 Å². The number of imide groups is 1. The van der Waals surface area contributed by atoms with Gasteiger partial charge in [0.2, 0.25) is 21.8 Å². The molecular formula is C12H23N3O4S. The number of hydrogen-bond donors (Lipinski definition) is 2. The third-order valence-electron chi connectivity index (χ3n) is 2.94. The monoisotopic (exact) mass is 305 g/mol. The predicted molar refractivity (Wildman–Crippen MR) is 75.5 cm³/mol. The molecule has 0 aliphatic carbocycles. The van der Waals surface area contributed by atoms with E-state index in [4.69, 9.17) is 0 Å². The van der Waals surface area contributed by atoms with Crippen LogP contribution < -0.4 is 10.0 Å². The average Bonchev–Trinajstić information content (AvgIpc) is 2.51. The Balaban J connectivity index is 2.58. The zero-order valence-corrected chi connectivity index (χ0v) is 13.2. The van der Waals surface area contributed by atoms with Crippen LogP contribution in [-0.4, -0.2) is 56.1 Å². The molecule has 0 radical (unpaired) electrons. The van der Waals surface area contributed by atoms with E-state index in [0.29, 0.717) is 6.54 Å². The van der Waals surface area contributed by atoms with Gasteiger partial charge in [0.1, 0.15) is 0 Å². The Hall–Kier alpha value is -0.990. The fourth-order valence-electron chi connectivity index (χ4n) is 2.22. The van der Waals surface area contributed by atoms with Crippen LogP contribution in [0.3, 0.4) is 0 Å². The van der Waals surface area contributed by atoms with E-state index < -0.39 is 21.6 Å². The zero-order valence-electron chi connectivity index (χ0n) is 12.4. The molecule has 0 aromatic carbocycles. The van der Waals surface area contributed by atoms with Crippen molar-refractivity contribution in [3.05, 3.63) is 0 Å². The minimum atomic E-state index is -3.32. The molecule has 0 saturated carbocycles. The van der Waals surface area contributed by atoms with Gasteiger partial charge in [-0.05, 0) is 20.3 Å². The SMILES string of the molecule is CCCN1C(=O)CC(NCC(C)(C)NS(C)(=O)=O)C1=O. The van der Waals surface area contributed by atoms with Gasteiger partial charge >= 0.3 is 0 Å². The summed E-state index contributed by atoms with van der Waals surface area (Å²) in [6.07, 6.45) is 1.95. The predicted octanol–water partition coefficient (Wildman–Crippen LogP) is -0.559. The second-order valence-corrected chi connectivity index (χ2v) is 7.53. The van der Waals surface area contributed by atoms with Crippen LogP contribution in [0.5, 0.6) is 0 Å². The van der Waals surface area contributed by atoms with Gasteiger partial charge < -0.3 is 5.32 Å². The molecule has 1 fully saturated rings. The Kier molecular flexibility index (Phi) is 5.28. The largest absolute Gasteiger partial charge is 0.304 e. The molecule has 1 aliphatic heterocycles. The molecule has 7 nitrogen and oxygen atoms in total. The molecule has 1 unspecified atom stereocenters. The van der Waals surface area contributed by atoms with Gasteiger partial charge in [-0.1, -0.05) is 6.92 Å². The summed E-state index contributed by atoms with van der Waals surface area (Å²) in [5.74, 6) is -0.407. The molecular weight excluding hydrogens is 282 g/mol. The zero-order chi connectivity index (χ0) is 15.6. The van der Waals surface area contributed by atoms with Gasteiger partial charge in [-0.25, -0.2) is 13.1 Å². The molecule has 1 aliphatic rings. The maximum atomic E-state index is 12.0. The molecule has 1 heterocycles. The molecule has 8 heteroatoms. The van der Waals surface area contributed by atoms with Crippen LogP contribution >= 0.6 is 0 Å². The lowest BCUT2D eigenvalue weighted by atomic mass is 10.1. The summed E-state index contributed by atoms with van der Waals surface area (Å²) in [4.78, 5) is 25.0. The lowest BCUT2D eigenvalue weighted by molar-refractivity contribution is -0.138. The summed E-state index contributed by atoms with van der Waals surface area (Å²) in [7, 11) is -3.32. The van der Waals surface area contributed by atoms with Gasteiger partial charge in [-0.3, -0.25) is 14.5 Å². The van der Waals surface area contributed by atoms with Gasteiger partial charge in [0.25, 0.3) is 0 Å². The topological polar surface area (TPSA) is 95.6 Å². The van der Waals surface area contributed by atoms with Crippen molar-refractivity contribution in [3.8, 4) is 0 Å². The Morgan fingerprint density at radius 3 is 2.45 bits per heavy atom. The van der Waals surface area contributed by atoms with Crippen LogP contribution in [0.2, 0.25) is 0 Å². The fourth-order valence-corrected chi connectivity index (χ4v) is 3.29. The molecule has 1 atom stereocenters. The van der Waals surface area contributed by atoms with E-state index in [2.05, 4.69) is 10.0 Å². The molecule has 0 spiro atoms. The highest BCUT2D eigenvalue weighted by Crippen LogP contribution is 2.14. The van der Waals surface area contributed by atoms with Crippen LogP contribution in [-0.2, 0) is 19.6 Å². The van der Waals surface area contributed by atoms with Crippen LogP contribution in [0, 0.1) is 0 Å². The first-order valence-electron chi connectivity index (χ1n) is 6.62. The standard InChI is InChI=1S/C12H23N3O4S/c1-5-6-15-10(16)7-9(11(15)17)13-8-12(2,3)14-20(4,18)19/h9,13-14H,5-8H2,1-4H3. The van der Waals surface area contributed by atoms with Crippen LogP contribution in [0.15, 0.2) is 0 Å². The molecule has 0 bridgehead atoms. The highest BCUT2D eigenvalue weighted by Gasteiger charge is 2.38. The van der Waals surface area contributed by atoms with Crippen molar-refractivity contribution in [2.45, 2.75) is 45.2 Å². The maximum absolute atomic E-state index is 12.0. The van der Waals surface area contributed by atoms with Crippen molar-refractivity contribution in [1.82, 2.24) is 14.9 Å². The van der Waals surface area contributed by atoms with Crippen molar-refractivity contribution < 1.29 is 18.0 Å². The minimum absolute atomic E-state index is 0.133. The van der Waals surface area contributed by atoms with E-state index in [1.54, 1.807) is 13.8 Å². The molecule has 2 amide bonds. The second-order valence-electron chi connectivity index (χ2n) is 5.78. The molecule has 2 N–H and O–H groups in total. The first-order valence-corrected chi connectivity index (χ1v) is 8.51. The van der Waals surface area contributed by atoms with E-state index >= 15 is 0 Å². The van der Waals surface area contributed by atoms with Gasteiger partial charge in [0.05, 0.1) is 18.7 Å². The summed E-state index contributed by atoms with van der Waals surface area (Å²) in [6.45, 7) is 6.03. The number of hydrogen-bond acceptors (Lipinski definition) is 5. The van der Waals surface area contributed by atoms with Gasteiger partial charge in [0.15, 0.2) is 0 Å². The quantitative estimate of drug-likeness (QED) is 0.615. The lowest BCUT2D eigenvalue weighted by Gasteiger charge is -2.26. The maximum Gasteiger partial charge on any atom is 0.246 e. The molecule has 1 saturated heterocycles. The van der Waals surface area contributed by atoms with Crippen LogP contribution in [0.25, 0.3) is 0 Å². The fraction of sp³-hybridized carbons (Fsp3) is 0.833. The van der Waals surface area contributed by atoms with E-state index in [0.717, 1.165) is 12.7 Å². The van der Waals surface area contributed by atoms with Gasteiger partial charge in [-0.15, -0.1) is 0 Å². The first-order chi connectivity index (χ1) is 9.06. The first kappa shape index (κ1) is 17.1. The van der Waals surface area contributed by atoms with Gasteiger partial charge in [-0.2, -0.15) is 0 Å². The van der Waals surface area contributed by atoms with E-state index in [1.165, 1.54) is 4.90 Å². The molecule has 0 aromatic rings. The van der Waals surface area contributed by atoms with Crippen molar-refractivity contribution in [1.29, 1.82) is 0 Å². The number of likely N-dealkylation sites (tertiary alicyclic amines) is 1. The van der Waals surface area contributed by atoms with Crippen LogP contribution in [0.1, 0.15) is 33.6 Å². The molecule has 116 valence electrons. The smallest absolute Gasteiger partial charge is 0.246 e. The Morgan fingerprint density at radius 1 is 1.35 bits per heavy atom. The van der Waals surface area contributed by atoms with Crippen molar-refractivity contribution >= 4 is 21.8 Å². The number of carbonyl (C=O) groups excluding carboxylic acids is 2. The normalized spacial score (nSPS) is 20.8. The summed E-state index contributed by atoms with van der Waals surface area (Å²) in [5.41, 5.74) is -0.727.